The number of amides is 1. The third-order valence-electron chi connectivity index (χ3n) is 2.91. The first-order valence-electron chi connectivity index (χ1n) is 5.66. The summed E-state index contributed by atoms with van der Waals surface area (Å²) in [7, 11) is 0. The molecule has 8 heteroatoms. The van der Waals surface area contributed by atoms with E-state index < -0.39 is 11.9 Å². The van der Waals surface area contributed by atoms with E-state index in [1.165, 1.54) is 17.0 Å². The molecule has 0 bridgehead atoms. The summed E-state index contributed by atoms with van der Waals surface area (Å²) in [5.74, 6) is -1.44. The van der Waals surface area contributed by atoms with Crippen LogP contribution in [0.4, 0.5) is 0 Å². The molecule has 1 amide bonds. The number of likely N-dealkylation sites (tertiary alicyclic amines) is 1. The maximum Gasteiger partial charge on any atom is 0.310 e. The summed E-state index contributed by atoms with van der Waals surface area (Å²) in [4.78, 5) is 23.8. The number of carboxylic acid groups (broad SMARTS) is 1. The summed E-state index contributed by atoms with van der Waals surface area (Å²) >= 11 is 17.5. The molecular weight excluding hydrogens is 328 g/mol. The van der Waals surface area contributed by atoms with E-state index in [2.05, 4.69) is 0 Å². The molecule has 1 aromatic carbocycles. The second-order valence-corrected chi connectivity index (χ2v) is 5.54. The number of aliphatic carboxylic acids is 1. The van der Waals surface area contributed by atoms with Crippen molar-refractivity contribution in [3.63, 3.8) is 0 Å². The maximum absolute atomic E-state index is 11.7. The molecule has 1 N–H and O–H groups in total. The number of halogens is 3. The van der Waals surface area contributed by atoms with Crippen molar-refractivity contribution in [3.8, 4) is 5.75 Å². The lowest BCUT2D eigenvalue weighted by atomic mass is 10.0. The molecule has 0 aliphatic carbocycles. The summed E-state index contributed by atoms with van der Waals surface area (Å²) < 4.78 is 5.27. The normalized spacial score (nSPS) is 14.8. The molecule has 0 saturated carbocycles. The lowest BCUT2D eigenvalue weighted by Crippen LogP contribution is -2.54. The number of ether oxygens (including phenoxy) is 1. The molecule has 20 heavy (non-hydrogen) atoms. The van der Waals surface area contributed by atoms with Crippen molar-refractivity contribution < 1.29 is 19.4 Å². The van der Waals surface area contributed by atoms with Crippen molar-refractivity contribution in [3.05, 3.63) is 27.2 Å². The van der Waals surface area contributed by atoms with Crippen molar-refractivity contribution >= 4 is 46.7 Å². The van der Waals surface area contributed by atoms with Crippen molar-refractivity contribution in [1.82, 2.24) is 4.90 Å². The highest BCUT2D eigenvalue weighted by atomic mass is 35.5. The van der Waals surface area contributed by atoms with Crippen LogP contribution >= 0.6 is 34.8 Å². The van der Waals surface area contributed by atoms with E-state index >= 15 is 0 Å². The van der Waals surface area contributed by atoms with Gasteiger partial charge in [0.15, 0.2) is 6.61 Å². The standard InChI is InChI=1S/C12H10Cl3NO4/c13-7-1-9(15)10(2-8(7)14)20-5-11(17)16-3-6(4-16)12(18)19/h1-2,6H,3-5H2,(H,18,19). The molecule has 1 fully saturated rings. The Hall–Kier alpha value is -1.17. The quantitative estimate of drug-likeness (QED) is 0.857. The second kappa shape index (κ2) is 6.08. The van der Waals surface area contributed by atoms with Gasteiger partial charge in [-0.25, -0.2) is 0 Å². The van der Waals surface area contributed by atoms with Crippen LogP contribution in [0.25, 0.3) is 0 Å². The first-order valence-corrected chi connectivity index (χ1v) is 6.79. The van der Waals surface area contributed by atoms with Gasteiger partial charge >= 0.3 is 5.97 Å². The predicted octanol–water partition coefficient (Wildman–Crippen LogP) is 2.57. The van der Waals surface area contributed by atoms with Crippen molar-refractivity contribution in [2.45, 2.75) is 0 Å². The van der Waals surface area contributed by atoms with Gasteiger partial charge in [0.1, 0.15) is 5.75 Å². The van der Waals surface area contributed by atoms with Gasteiger partial charge in [0.2, 0.25) is 0 Å². The van der Waals surface area contributed by atoms with Crippen LogP contribution in [0.3, 0.4) is 0 Å². The number of carbonyl (C=O) groups is 2. The molecule has 1 aromatic rings. The Bertz CT molecular complexity index is 558. The van der Waals surface area contributed by atoms with Crippen LogP contribution in [-0.4, -0.2) is 41.6 Å². The molecular formula is C12H10Cl3NO4. The van der Waals surface area contributed by atoms with Crippen LogP contribution in [0, 0.1) is 5.92 Å². The van der Waals surface area contributed by atoms with E-state index in [4.69, 9.17) is 44.6 Å². The summed E-state index contributed by atoms with van der Waals surface area (Å²) in [5, 5.41) is 9.53. The average molecular weight is 339 g/mol. The first kappa shape index (κ1) is 15.2. The van der Waals surface area contributed by atoms with Gasteiger partial charge in [-0.1, -0.05) is 34.8 Å². The smallest absolute Gasteiger partial charge is 0.310 e. The molecule has 1 heterocycles. The van der Waals surface area contributed by atoms with E-state index in [9.17, 15) is 9.59 Å². The van der Waals surface area contributed by atoms with Crippen molar-refractivity contribution in [2.75, 3.05) is 19.7 Å². The van der Waals surface area contributed by atoms with Crippen molar-refractivity contribution in [2.24, 2.45) is 5.92 Å². The number of rotatable bonds is 4. The van der Waals surface area contributed by atoms with Gasteiger partial charge in [0.05, 0.1) is 21.0 Å². The van der Waals surface area contributed by atoms with E-state index in [1.54, 1.807) is 0 Å². The fourth-order valence-corrected chi connectivity index (χ4v) is 2.28. The highest BCUT2D eigenvalue weighted by Crippen LogP contribution is 2.33. The molecule has 2 rings (SSSR count). The summed E-state index contributed by atoms with van der Waals surface area (Å²) in [6.07, 6.45) is 0. The maximum atomic E-state index is 11.7. The van der Waals surface area contributed by atoms with Gasteiger partial charge in [-0.3, -0.25) is 9.59 Å². The Labute approximate surface area is 130 Å². The fraction of sp³-hybridized carbons (Fsp3) is 0.333. The Balaban J connectivity index is 1.88. The topological polar surface area (TPSA) is 66.8 Å². The minimum atomic E-state index is -0.900. The van der Waals surface area contributed by atoms with E-state index in [1.807, 2.05) is 0 Å². The van der Waals surface area contributed by atoms with Crippen LogP contribution in [0.15, 0.2) is 12.1 Å². The van der Waals surface area contributed by atoms with E-state index in [0.29, 0.717) is 5.02 Å². The predicted molar refractivity (Wildman–Crippen MR) is 74.7 cm³/mol. The zero-order chi connectivity index (χ0) is 14.9. The van der Waals surface area contributed by atoms with Gasteiger partial charge in [0.25, 0.3) is 5.91 Å². The first-order chi connectivity index (χ1) is 9.38. The second-order valence-electron chi connectivity index (χ2n) is 4.32. The molecule has 0 spiro atoms. The molecule has 108 valence electrons. The zero-order valence-electron chi connectivity index (χ0n) is 10.1. The highest BCUT2D eigenvalue weighted by molar-refractivity contribution is 6.43. The molecule has 0 radical (unpaired) electrons. The summed E-state index contributed by atoms with van der Waals surface area (Å²) in [6, 6.07) is 2.85. The third kappa shape index (κ3) is 3.29. The van der Waals surface area contributed by atoms with E-state index in [-0.39, 0.29) is 41.4 Å². The molecule has 5 nitrogen and oxygen atoms in total. The van der Waals surface area contributed by atoms with Crippen LogP contribution in [0.2, 0.25) is 15.1 Å². The van der Waals surface area contributed by atoms with E-state index in [0.717, 1.165) is 0 Å². The van der Waals surface area contributed by atoms with Gasteiger partial charge < -0.3 is 14.7 Å². The number of carboxylic acids is 1. The number of benzene rings is 1. The highest BCUT2D eigenvalue weighted by Gasteiger charge is 2.35. The molecule has 0 unspecified atom stereocenters. The number of nitrogens with zero attached hydrogens (tertiary/aromatic N) is 1. The van der Waals surface area contributed by atoms with Gasteiger partial charge in [0, 0.05) is 19.2 Å². The molecule has 0 atom stereocenters. The summed E-state index contributed by atoms with van der Waals surface area (Å²) in [5.41, 5.74) is 0. The number of carbonyl (C=O) groups excluding carboxylic acids is 1. The Morgan fingerprint density at radius 1 is 1.20 bits per heavy atom. The minimum Gasteiger partial charge on any atom is -0.482 e. The monoisotopic (exact) mass is 337 g/mol. The Kier molecular flexibility index (Phi) is 4.62. The van der Waals surface area contributed by atoms with Gasteiger partial charge in [-0.05, 0) is 6.07 Å². The van der Waals surface area contributed by atoms with Gasteiger partial charge in [-0.15, -0.1) is 0 Å². The Morgan fingerprint density at radius 2 is 1.80 bits per heavy atom. The third-order valence-corrected chi connectivity index (χ3v) is 3.93. The fourth-order valence-electron chi connectivity index (χ4n) is 1.68. The zero-order valence-corrected chi connectivity index (χ0v) is 12.4. The average Bonchev–Trinajstić information content (AvgIpc) is 2.29. The van der Waals surface area contributed by atoms with Gasteiger partial charge in [-0.2, -0.15) is 0 Å². The largest absolute Gasteiger partial charge is 0.482 e. The Morgan fingerprint density at radius 3 is 2.40 bits per heavy atom. The minimum absolute atomic E-state index is 0.201. The van der Waals surface area contributed by atoms with Crippen LogP contribution in [-0.2, 0) is 9.59 Å². The molecule has 1 aliphatic heterocycles. The van der Waals surface area contributed by atoms with Crippen LogP contribution in [0.1, 0.15) is 0 Å². The number of hydrogen-bond acceptors (Lipinski definition) is 3. The lowest BCUT2D eigenvalue weighted by molar-refractivity contribution is -0.153. The van der Waals surface area contributed by atoms with Crippen LogP contribution in [0.5, 0.6) is 5.75 Å². The molecule has 1 saturated heterocycles. The van der Waals surface area contributed by atoms with Crippen molar-refractivity contribution in [1.29, 1.82) is 0 Å². The van der Waals surface area contributed by atoms with Crippen LogP contribution < -0.4 is 4.74 Å². The summed E-state index contributed by atoms with van der Waals surface area (Å²) in [6.45, 7) is 0.170. The molecule has 0 aromatic heterocycles. The lowest BCUT2D eigenvalue weighted by Gasteiger charge is -2.36. The SMILES string of the molecule is O=C(O)C1CN(C(=O)COc2cc(Cl)c(Cl)cc2Cl)C1. The molecule has 1 aliphatic rings. The number of hydrogen-bond donors (Lipinski definition) is 1.